The van der Waals surface area contributed by atoms with Crippen LogP contribution in [0.1, 0.15) is 19.3 Å². The van der Waals surface area contributed by atoms with Crippen LogP contribution in [0.4, 0.5) is 0 Å². The van der Waals surface area contributed by atoms with E-state index >= 15 is 0 Å². The Hall–Kier alpha value is -0.140. The fourth-order valence-electron chi connectivity index (χ4n) is 1.29. The number of hydrogen-bond acceptors (Lipinski definition) is 2. The molecule has 0 heterocycles. The average Bonchev–Trinajstić information content (AvgIpc) is 2.30. The van der Waals surface area contributed by atoms with Crippen LogP contribution in [0.25, 0.3) is 0 Å². The van der Waals surface area contributed by atoms with E-state index in [2.05, 4.69) is 27.3 Å². The third-order valence-corrected chi connectivity index (χ3v) is 4.40. The lowest BCUT2D eigenvalue weighted by Gasteiger charge is -2.05. The van der Waals surface area contributed by atoms with Crippen molar-refractivity contribution >= 4 is 32.6 Å². The number of alkyl halides is 1. The van der Waals surface area contributed by atoms with E-state index in [-0.39, 0.29) is 0 Å². The van der Waals surface area contributed by atoms with Gasteiger partial charge in [0.25, 0.3) is 0 Å². The van der Waals surface area contributed by atoms with E-state index in [1.807, 2.05) is 0 Å². The van der Waals surface area contributed by atoms with Gasteiger partial charge in [0.05, 0.1) is 4.90 Å². The van der Waals surface area contributed by atoms with Crippen molar-refractivity contribution in [2.45, 2.75) is 24.2 Å². The number of rotatable bonds is 7. The summed E-state index contributed by atoms with van der Waals surface area (Å²) in [5.41, 5.74) is 0. The molecule has 0 aromatic heterocycles. The highest BCUT2D eigenvalue weighted by Crippen LogP contribution is 2.07. The van der Waals surface area contributed by atoms with Crippen LogP contribution in [0.5, 0.6) is 0 Å². The molecule has 0 unspecified atom stereocenters. The molecule has 5 heteroatoms. The molecule has 90 valence electrons. The maximum Gasteiger partial charge on any atom is 0.240 e. The van der Waals surface area contributed by atoms with Crippen molar-refractivity contribution in [2.75, 3.05) is 11.0 Å². The lowest BCUT2D eigenvalue weighted by atomic mass is 10.3. The van der Waals surface area contributed by atoms with Gasteiger partial charge < -0.3 is 0 Å². The van der Waals surface area contributed by atoms with E-state index in [4.69, 9.17) is 0 Å². The molecule has 0 radical (unpaired) electrons. The molecule has 0 bridgehead atoms. The number of benzene rings is 1. The highest BCUT2D eigenvalue weighted by molar-refractivity contribution is 14.1. The molecule has 1 aromatic rings. The summed E-state index contributed by atoms with van der Waals surface area (Å²) in [6, 6.07) is 8.47. The second kappa shape index (κ2) is 7.24. The van der Waals surface area contributed by atoms with Crippen molar-refractivity contribution in [3.8, 4) is 0 Å². The maximum atomic E-state index is 11.8. The fraction of sp³-hybridized carbons (Fsp3) is 0.455. The van der Waals surface area contributed by atoms with Crippen molar-refractivity contribution in [3.05, 3.63) is 30.3 Å². The zero-order valence-electron chi connectivity index (χ0n) is 9.02. The molecule has 0 aliphatic heterocycles. The smallest absolute Gasteiger partial charge is 0.211 e. The van der Waals surface area contributed by atoms with Gasteiger partial charge in [0.15, 0.2) is 0 Å². The van der Waals surface area contributed by atoms with Gasteiger partial charge in [0.2, 0.25) is 10.0 Å². The maximum absolute atomic E-state index is 11.8. The van der Waals surface area contributed by atoms with Gasteiger partial charge in [0.1, 0.15) is 0 Å². The van der Waals surface area contributed by atoms with Gasteiger partial charge in [-0.3, -0.25) is 0 Å². The molecule has 0 spiro atoms. The lowest BCUT2D eigenvalue weighted by Crippen LogP contribution is -2.24. The first-order valence-electron chi connectivity index (χ1n) is 5.27. The molecule has 0 saturated carbocycles. The first-order chi connectivity index (χ1) is 7.67. The van der Waals surface area contributed by atoms with Crippen LogP contribution < -0.4 is 4.72 Å². The van der Waals surface area contributed by atoms with E-state index in [1.165, 1.54) is 0 Å². The van der Waals surface area contributed by atoms with Gasteiger partial charge >= 0.3 is 0 Å². The zero-order valence-corrected chi connectivity index (χ0v) is 12.0. The van der Waals surface area contributed by atoms with Crippen molar-refractivity contribution < 1.29 is 8.42 Å². The van der Waals surface area contributed by atoms with Crippen molar-refractivity contribution in [1.29, 1.82) is 0 Å². The zero-order chi connectivity index (χ0) is 11.9. The predicted molar refractivity (Wildman–Crippen MR) is 74.4 cm³/mol. The van der Waals surface area contributed by atoms with Gasteiger partial charge in [-0.05, 0) is 29.4 Å². The lowest BCUT2D eigenvalue weighted by molar-refractivity contribution is 0.576. The summed E-state index contributed by atoms with van der Waals surface area (Å²) in [6.07, 6.45) is 3.11. The molecular formula is C11H16INO2S. The van der Waals surface area contributed by atoms with Gasteiger partial charge in [-0.15, -0.1) is 0 Å². The van der Waals surface area contributed by atoms with E-state index in [0.717, 1.165) is 23.7 Å². The Labute approximate surface area is 111 Å². The summed E-state index contributed by atoms with van der Waals surface area (Å²) in [5, 5.41) is 0. The van der Waals surface area contributed by atoms with Crippen molar-refractivity contribution in [3.63, 3.8) is 0 Å². The number of unbranched alkanes of at least 4 members (excludes halogenated alkanes) is 2. The summed E-state index contributed by atoms with van der Waals surface area (Å²) in [7, 11) is -3.30. The van der Waals surface area contributed by atoms with Crippen molar-refractivity contribution in [1.82, 2.24) is 4.72 Å². The molecule has 0 aliphatic rings. The van der Waals surface area contributed by atoms with E-state index < -0.39 is 10.0 Å². The number of hydrogen-bond donors (Lipinski definition) is 1. The van der Waals surface area contributed by atoms with Crippen LogP contribution in [0.15, 0.2) is 35.2 Å². The van der Waals surface area contributed by atoms with Crippen LogP contribution in [0, 0.1) is 0 Å². The normalized spacial score (nSPS) is 11.6. The summed E-state index contributed by atoms with van der Waals surface area (Å²) < 4.78 is 27.2. The first kappa shape index (κ1) is 13.9. The Kier molecular flexibility index (Phi) is 6.30. The monoisotopic (exact) mass is 353 g/mol. The van der Waals surface area contributed by atoms with Crippen LogP contribution in [0.3, 0.4) is 0 Å². The quantitative estimate of drug-likeness (QED) is 0.465. The highest BCUT2D eigenvalue weighted by atomic mass is 127. The van der Waals surface area contributed by atoms with Gasteiger partial charge in [-0.2, -0.15) is 0 Å². The fourth-order valence-corrected chi connectivity index (χ4v) is 2.92. The Balaban J connectivity index is 2.41. The molecule has 0 saturated heterocycles. The molecular weight excluding hydrogens is 337 g/mol. The van der Waals surface area contributed by atoms with Gasteiger partial charge in [0, 0.05) is 6.54 Å². The molecule has 16 heavy (non-hydrogen) atoms. The largest absolute Gasteiger partial charge is 0.240 e. The van der Waals surface area contributed by atoms with Crippen LogP contribution in [-0.4, -0.2) is 19.4 Å². The second-order valence-electron chi connectivity index (χ2n) is 3.46. The third-order valence-electron chi connectivity index (χ3n) is 2.16. The Morgan fingerprint density at radius 3 is 2.38 bits per heavy atom. The van der Waals surface area contributed by atoms with E-state index in [1.54, 1.807) is 30.3 Å². The summed E-state index contributed by atoms with van der Waals surface area (Å²) >= 11 is 2.33. The Morgan fingerprint density at radius 2 is 1.75 bits per heavy atom. The second-order valence-corrected chi connectivity index (χ2v) is 6.31. The van der Waals surface area contributed by atoms with E-state index in [0.29, 0.717) is 11.4 Å². The van der Waals surface area contributed by atoms with Crippen LogP contribution in [0.2, 0.25) is 0 Å². The third kappa shape index (κ3) is 4.80. The molecule has 1 rings (SSSR count). The Bertz CT molecular complexity index is 392. The number of sulfonamides is 1. The standard InChI is InChI=1S/C11H16INO2S/c12-9-5-2-6-10-13-16(14,15)11-7-3-1-4-8-11/h1,3-4,7-8,13H,2,5-6,9-10H2. The molecule has 0 fully saturated rings. The molecule has 1 N–H and O–H groups in total. The molecule has 0 aliphatic carbocycles. The highest BCUT2D eigenvalue weighted by Gasteiger charge is 2.11. The molecule has 3 nitrogen and oxygen atoms in total. The van der Waals surface area contributed by atoms with Crippen LogP contribution >= 0.6 is 22.6 Å². The summed E-state index contributed by atoms with van der Waals surface area (Å²) in [4.78, 5) is 0.337. The SMILES string of the molecule is O=S(=O)(NCCCCCI)c1ccccc1. The average molecular weight is 353 g/mol. The van der Waals surface area contributed by atoms with Crippen LogP contribution in [-0.2, 0) is 10.0 Å². The predicted octanol–water partition coefficient (Wildman–Crippen LogP) is 2.57. The Morgan fingerprint density at radius 1 is 1.06 bits per heavy atom. The van der Waals surface area contributed by atoms with Gasteiger partial charge in [-0.1, -0.05) is 47.2 Å². The summed E-state index contributed by atoms with van der Waals surface area (Å²) in [6.45, 7) is 0.522. The first-order valence-corrected chi connectivity index (χ1v) is 8.28. The van der Waals surface area contributed by atoms with Gasteiger partial charge in [-0.25, -0.2) is 13.1 Å². The molecule has 0 amide bonds. The summed E-state index contributed by atoms with van der Waals surface area (Å²) in [5.74, 6) is 0. The molecule has 0 atom stereocenters. The minimum Gasteiger partial charge on any atom is -0.211 e. The minimum atomic E-state index is -3.30. The number of nitrogens with one attached hydrogen (secondary N) is 1. The van der Waals surface area contributed by atoms with Crippen molar-refractivity contribution in [2.24, 2.45) is 0 Å². The van der Waals surface area contributed by atoms with E-state index in [9.17, 15) is 8.42 Å². The topological polar surface area (TPSA) is 46.2 Å². The molecule has 1 aromatic carbocycles. The minimum absolute atomic E-state index is 0.337. The number of halogens is 1.